The quantitative estimate of drug-likeness (QED) is 0.744. The molecule has 0 fully saturated rings. The van der Waals surface area contributed by atoms with Crippen molar-refractivity contribution in [3.05, 3.63) is 36.8 Å². The van der Waals surface area contributed by atoms with Crippen molar-refractivity contribution in [2.45, 2.75) is 6.54 Å². The van der Waals surface area contributed by atoms with Crippen molar-refractivity contribution in [1.29, 1.82) is 0 Å². The molecule has 0 saturated heterocycles. The first kappa shape index (κ1) is 11.4. The van der Waals surface area contributed by atoms with Crippen LogP contribution in [0.4, 0.5) is 5.82 Å². The molecule has 0 atom stereocenters. The van der Waals surface area contributed by atoms with Gasteiger partial charge in [0.2, 0.25) is 0 Å². The maximum atomic E-state index is 5.22. The second-order valence-corrected chi connectivity index (χ2v) is 3.26. The van der Waals surface area contributed by atoms with E-state index >= 15 is 0 Å². The topological polar surface area (TPSA) is 79.6 Å². The summed E-state index contributed by atoms with van der Waals surface area (Å²) in [5, 5.41) is 3.18. The molecule has 1 aromatic rings. The second-order valence-electron chi connectivity index (χ2n) is 3.26. The number of halogens is 1. The van der Waals surface area contributed by atoms with E-state index in [0.29, 0.717) is 12.4 Å². The Bertz CT molecular complexity index is 550. The Labute approximate surface area is 103 Å². The van der Waals surface area contributed by atoms with Crippen LogP contribution in [-0.2, 0) is 6.54 Å². The number of rotatable bonds is 3. The lowest BCUT2D eigenvalue weighted by Crippen LogP contribution is -2.03. The third-order valence-corrected chi connectivity index (χ3v) is 2.23. The van der Waals surface area contributed by atoms with Crippen LogP contribution < -0.4 is 5.32 Å². The monoisotopic (exact) mass is 251 g/mol. The Kier molecular flexibility index (Phi) is 3.24. The van der Waals surface area contributed by atoms with E-state index in [1.165, 1.54) is 6.33 Å². The van der Waals surface area contributed by atoms with E-state index in [9.17, 15) is 0 Å². The second kappa shape index (κ2) is 4.84. The highest BCUT2D eigenvalue weighted by molar-refractivity contribution is 5.85. The standard InChI is InChI=1S/C10H9N5O.ClH/c1-2-7(16-3-1)4-11-9-8-10(13-5-12-8)15-6-14-9;/h1-3,5-6H,4H2,(H2,11,12,13,14,15);1H. The Morgan fingerprint density at radius 3 is 3.06 bits per heavy atom. The van der Waals surface area contributed by atoms with E-state index in [-0.39, 0.29) is 12.4 Å². The van der Waals surface area contributed by atoms with E-state index in [1.807, 2.05) is 12.1 Å². The Morgan fingerprint density at radius 1 is 1.29 bits per heavy atom. The van der Waals surface area contributed by atoms with Gasteiger partial charge in [-0.1, -0.05) is 0 Å². The average Bonchev–Trinajstić information content (AvgIpc) is 2.97. The summed E-state index contributed by atoms with van der Waals surface area (Å²) in [5.74, 6) is 2.28. The number of aromatic nitrogens is 4. The van der Waals surface area contributed by atoms with Gasteiger partial charge in [-0.15, -0.1) is 12.4 Å². The molecular weight excluding hydrogens is 242 g/mol. The molecule has 6 nitrogen and oxygen atoms in total. The van der Waals surface area contributed by atoms with Gasteiger partial charge in [-0.25, -0.2) is 15.0 Å². The lowest BCUT2D eigenvalue weighted by Gasteiger charge is -2.06. The molecule has 88 valence electrons. The van der Waals surface area contributed by atoms with Gasteiger partial charge in [0.15, 0.2) is 5.82 Å². The molecule has 7 heteroatoms. The van der Waals surface area contributed by atoms with Crippen molar-refractivity contribution in [3.63, 3.8) is 0 Å². The zero-order chi connectivity index (χ0) is 10.8. The van der Waals surface area contributed by atoms with Crippen LogP contribution in [0.3, 0.4) is 0 Å². The first-order valence-electron chi connectivity index (χ1n) is 4.84. The molecule has 1 aromatic heterocycles. The van der Waals surface area contributed by atoms with Crippen LogP contribution in [0.25, 0.3) is 11.5 Å². The van der Waals surface area contributed by atoms with Crippen LogP contribution in [-0.4, -0.2) is 19.9 Å². The number of aromatic amines is 1. The fourth-order valence-electron chi connectivity index (χ4n) is 1.48. The fraction of sp³-hybridized carbons (Fsp3) is 0.100. The molecular formula is C10H10ClN5O. The molecule has 3 rings (SSSR count). The molecule has 0 spiro atoms. The molecule has 0 unspecified atom stereocenters. The minimum atomic E-state index is 0. The summed E-state index contributed by atoms with van der Waals surface area (Å²) in [6.45, 7) is 0.593. The lowest BCUT2D eigenvalue weighted by atomic mass is 10.3. The van der Waals surface area contributed by atoms with Gasteiger partial charge in [0.05, 0.1) is 19.1 Å². The predicted molar refractivity (Wildman–Crippen MR) is 64.1 cm³/mol. The third kappa shape index (κ3) is 2.21. The molecule has 0 bridgehead atoms. The summed E-state index contributed by atoms with van der Waals surface area (Å²) in [6.07, 6.45) is 4.72. The molecule has 0 saturated carbocycles. The van der Waals surface area contributed by atoms with Crippen LogP contribution in [0.2, 0.25) is 0 Å². The van der Waals surface area contributed by atoms with E-state index in [2.05, 4.69) is 25.3 Å². The van der Waals surface area contributed by atoms with Crippen LogP contribution >= 0.6 is 12.4 Å². The minimum absolute atomic E-state index is 0. The van der Waals surface area contributed by atoms with Crippen molar-refractivity contribution >= 4 is 18.2 Å². The summed E-state index contributed by atoms with van der Waals surface area (Å²) in [5.41, 5.74) is 0.731. The molecule has 0 aliphatic carbocycles. The van der Waals surface area contributed by atoms with Gasteiger partial charge in [-0.2, -0.15) is 0 Å². The van der Waals surface area contributed by atoms with Crippen molar-refractivity contribution in [1.82, 2.24) is 19.9 Å². The van der Waals surface area contributed by atoms with Gasteiger partial charge in [0.25, 0.3) is 0 Å². The number of nitrogens with one attached hydrogen (secondary N) is 2. The highest BCUT2D eigenvalue weighted by Crippen LogP contribution is 2.21. The van der Waals surface area contributed by atoms with Crippen molar-refractivity contribution in [2.75, 3.05) is 5.32 Å². The molecule has 17 heavy (non-hydrogen) atoms. The number of anilines is 1. The van der Waals surface area contributed by atoms with Crippen molar-refractivity contribution < 1.29 is 4.42 Å². The van der Waals surface area contributed by atoms with E-state index in [1.54, 1.807) is 12.6 Å². The lowest BCUT2D eigenvalue weighted by molar-refractivity contribution is 0.518. The summed E-state index contributed by atoms with van der Waals surface area (Å²) in [7, 11) is 0. The molecule has 2 N–H and O–H groups in total. The molecule has 2 aliphatic rings. The molecule has 0 radical (unpaired) electrons. The fourth-order valence-corrected chi connectivity index (χ4v) is 1.48. The normalized spacial score (nSPS) is 10.1. The van der Waals surface area contributed by atoms with Crippen LogP contribution in [0, 0.1) is 0 Å². The van der Waals surface area contributed by atoms with Crippen LogP contribution in [0.1, 0.15) is 5.76 Å². The molecule has 2 aliphatic heterocycles. The smallest absolute Gasteiger partial charge is 0.184 e. The Morgan fingerprint density at radius 2 is 2.24 bits per heavy atom. The number of nitrogens with zero attached hydrogens (tertiary/aromatic N) is 3. The maximum absolute atomic E-state index is 5.22. The number of hydrogen-bond acceptors (Lipinski definition) is 5. The van der Waals surface area contributed by atoms with Crippen molar-refractivity contribution in [3.8, 4) is 11.5 Å². The first-order chi connectivity index (χ1) is 7.93. The zero-order valence-electron chi connectivity index (χ0n) is 8.75. The van der Waals surface area contributed by atoms with Gasteiger partial charge < -0.3 is 14.7 Å². The average molecular weight is 252 g/mol. The van der Waals surface area contributed by atoms with Crippen LogP contribution in [0.5, 0.6) is 0 Å². The highest BCUT2D eigenvalue weighted by atomic mass is 35.5. The SMILES string of the molecule is Cl.c1coc(CNc2[nH]cnc3ncnc2-3)c1. The summed E-state index contributed by atoms with van der Waals surface area (Å²) in [6, 6.07) is 3.76. The van der Waals surface area contributed by atoms with Gasteiger partial charge in [0, 0.05) is 0 Å². The van der Waals surface area contributed by atoms with E-state index < -0.39 is 0 Å². The zero-order valence-corrected chi connectivity index (χ0v) is 9.57. The molecule has 0 aromatic carbocycles. The minimum Gasteiger partial charge on any atom is -0.467 e. The van der Waals surface area contributed by atoms with Gasteiger partial charge in [-0.05, 0) is 12.1 Å². The van der Waals surface area contributed by atoms with Gasteiger partial charge in [-0.3, -0.25) is 0 Å². The first-order valence-corrected chi connectivity index (χ1v) is 4.84. The largest absolute Gasteiger partial charge is 0.467 e. The summed E-state index contributed by atoms with van der Waals surface area (Å²) < 4.78 is 5.22. The van der Waals surface area contributed by atoms with E-state index in [4.69, 9.17) is 4.42 Å². The maximum Gasteiger partial charge on any atom is 0.184 e. The van der Waals surface area contributed by atoms with E-state index in [0.717, 1.165) is 17.3 Å². The highest BCUT2D eigenvalue weighted by Gasteiger charge is 2.12. The Balaban J connectivity index is 0.00000108. The van der Waals surface area contributed by atoms with Gasteiger partial charge >= 0.3 is 0 Å². The number of fused-ring (bicyclic) bond motifs is 1. The third-order valence-electron chi connectivity index (χ3n) is 2.23. The summed E-state index contributed by atoms with van der Waals surface area (Å²) in [4.78, 5) is 15.2. The van der Waals surface area contributed by atoms with Gasteiger partial charge in [0.1, 0.15) is 23.6 Å². The number of imidazole rings is 1. The molecule has 0 amide bonds. The molecule has 3 heterocycles. The number of furan rings is 1. The number of hydrogen-bond donors (Lipinski definition) is 2. The predicted octanol–water partition coefficient (Wildman–Crippen LogP) is 1.93. The van der Waals surface area contributed by atoms with Crippen molar-refractivity contribution in [2.24, 2.45) is 0 Å². The summed E-state index contributed by atoms with van der Waals surface area (Å²) >= 11 is 0. The number of H-pyrrole nitrogens is 1. The van der Waals surface area contributed by atoms with Crippen LogP contribution in [0.15, 0.2) is 35.5 Å². The Hall–Kier alpha value is -2.08.